The number of carbonyl (C=O) groups excluding carboxylic acids is 2. The lowest BCUT2D eigenvalue weighted by Crippen LogP contribution is -2.41. The lowest BCUT2D eigenvalue weighted by atomic mass is 9.97. The maximum atomic E-state index is 15.8. The van der Waals surface area contributed by atoms with Crippen molar-refractivity contribution in [3.63, 3.8) is 0 Å². The standard InChI is InChI=1S/C40H40Cl2FN7O7/c1-48(2)35(53)15-25(51)19-44-17-23-18-45-33-14-22(12-13-50(33)39(23)54)26-6-4-7-27(36(26)41)28-8-5-9-29(37(28)42)32-16-31(43)30(38(47-32)57-3)21-49(40(55)56)20-24-10-11-34(52)46-24/h4-9,12-14,16,18,24-25,44,51H,10-11,15,17,19-21H2,1-3H3,(H,46,52)(H,55,56)/t24-,25?/m0/s1. The van der Waals surface area contributed by atoms with Gasteiger partial charge in [0.25, 0.3) is 5.56 Å². The summed E-state index contributed by atoms with van der Waals surface area (Å²) >= 11 is 14.1. The number of benzene rings is 2. The predicted molar refractivity (Wildman–Crippen MR) is 213 cm³/mol. The number of hydrogen-bond acceptors (Lipinski definition) is 9. The molecular weight excluding hydrogens is 780 g/mol. The Morgan fingerprint density at radius 3 is 2.40 bits per heavy atom. The third-order valence-electron chi connectivity index (χ3n) is 9.63. The molecule has 2 atom stereocenters. The molecule has 17 heteroatoms. The minimum absolute atomic E-state index is 0.0260. The van der Waals surface area contributed by atoms with Gasteiger partial charge in [-0.1, -0.05) is 59.6 Å². The first kappa shape index (κ1) is 41.0. The van der Waals surface area contributed by atoms with Crippen LogP contribution in [0.25, 0.3) is 39.2 Å². The minimum atomic E-state index is -1.28. The molecule has 5 aromatic rings. The lowest BCUT2D eigenvalue weighted by molar-refractivity contribution is -0.130. The van der Waals surface area contributed by atoms with Crippen LogP contribution < -0.4 is 20.9 Å². The molecule has 1 saturated heterocycles. The van der Waals surface area contributed by atoms with Gasteiger partial charge in [0, 0.05) is 92.5 Å². The monoisotopic (exact) mass is 819 g/mol. The molecule has 14 nitrogen and oxygen atoms in total. The van der Waals surface area contributed by atoms with Crippen molar-refractivity contribution in [1.29, 1.82) is 0 Å². The molecule has 0 bridgehead atoms. The Morgan fingerprint density at radius 2 is 1.75 bits per heavy atom. The van der Waals surface area contributed by atoms with Crippen LogP contribution in [-0.2, 0) is 22.7 Å². The summed E-state index contributed by atoms with van der Waals surface area (Å²) in [6.45, 7) is -0.123. The lowest BCUT2D eigenvalue weighted by Gasteiger charge is -2.24. The fraction of sp³-hybridized carbons (Fsp3) is 0.300. The number of nitrogens with zero attached hydrogens (tertiary/aromatic N) is 5. The molecule has 1 aliphatic heterocycles. The van der Waals surface area contributed by atoms with Gasteiger partial charge in [0.05, 0.1) is 47.5 Å². The van der Waals surface area contributed by atoms with Crippen LogP contribution in [0.3, 0.4) is 0 Å². The van der Waals surface area contributed by atoms with Gasteiger partial charge in [-0.2, -0.15) is 0 Å². The van der Waals surface area contributed by atoms with Crippen LogP contribution in [0.4, 0.5) is 9.18 Å². The van der Waals surface area contributed by atoms with E-state index in [-0.39, 0.29) is 78.2 Å². The second-order valence-corrected chi connectivity index (χ2v) is 14.5. The number of pyridine rings is 2. The number of nitrogens with one attached hydrogen (secondary N) is 2. The number of aliphatic hydroxyl groups excluding tert-OH is 1. The van der Waals surface area contributed by atoms with Crippen LogP contribution in [-0.4, -0.2) is 98.7 Å². The van der Waals surface area contributed by atoms with E-state index in [4.69, 9.17) is 27.9 Å². The summed E-state index contributed by atoms with van der Waals surface area (Å²) in [5.41, 5.74) is 3.32. The number of carboxylic acid groups (broad SMARTS) is 1. The third-order valence-corrected chi connectivity index (χ3v) is 10.4. The molecule has 2 aromatic carbocycles. The second kappa shape index (κ2) is 17.7. The number of aliphatic hydroxyl groups is 1. The third kappa shape index (κ3) is 9.18. The quantitative estimate of drug-likeness (QED) is 0.116. The van der Waals surface area contributed by atoms with Crippen molar-refractivity contribution in [2.75, 3.05) is 34.3 Å². The number of fused-ring (bicyclic) bond motifs is 1. The molecule has 4 N–H and O–H groups in total. The van der Waals surface area contributed by atoms with Crippen LogP contribution in [0.5, 0.6) is 5.88 Å². The summed E-state index contributed by atoms with van der Waals surface area (Å²) in [7, 11) is 4.53. The van der Waals surface area contributed by atoms with Gasteiger partial charge < -0.3 is 35.4 Å². The SMILES string of the molecule is COc1nc(-c2cccc(-c3cccc(-c4ccn5c(=O)c(CNCC(O)CC(=O)N(C)C)cnc5c4)c3Cl)c2Cl)cc(F)c1CN(C[C@@H]1CCC(=O)N1)C(=O)O. The van der Waals surface area contributed by atoms with Crippen LogP contribution in [0.15, 0.2) is 71.8 Å². The van der Waals surface area contributed by atoms with Crippen molar-refractivity contribution in [1.82, 2.24) is 34.8 Å². The van der Waals surface area contributed by atoms with Gasteiger partial charge in [-0.3, -0.25) is 18.8 Å². The molecule has 3 aromatic heterocycles. The normalized spacial score (nSPS) is 14.4. The first-order valence-electron chi connectivity index (χ1n) is 17.9. The Bertz CT molecular complexity index is 2410. The Hall–Kier alpha value is -5.61. The number of methoxy groups -OCH3 is 1. The van der Waals surface area contributed by atoms with E-state index in [1.807, 2.05) is 6.07 Å². The van der Waals surface area contributed by atoms with Crippen molar-refractivity contribution in [2.45, 2.75) is 44.5 Å². The summed E-state index contributed by atoms with van der Waals surface area (Å²) in [6, 6.07) is 14.8. The smallest absolute Gasteiger partial charge is 0.407 e. The highest BCUT2D eigenvalue weighted by atomic mass is 35.5. The van der Waals surface area contributed by atoms with Crippen LogP contribution in [0, 0.1) is 5.82 Å². The molecule has 0 radical (unpaired) electrons. The molecule has 4 heterocycles. The molecule has 0 aliphatic carbocycles. The molecule has 57 heavy (non-hydrogen) atoms. The highest BCUT2D eigenvalue weighted by Gasteiger charge is 2.28. The number of halogens is 3. The zero-order chi connectivity index (χ0) is 41.0. The molecule has 298 valence electrons. The van der Waals surface area contributed by atoms with Crippen molar-refractivity contribution in [2.24, 2.45) is 0 Å². The van der Waals surface area contributed by atoms with Gasteiger partial charge in [0.15, 0.2) is 0 Å². The van der Waals surface area contributed by atoms with Gasteiger partial charge in [0.1, 0.15) is 11.5 Å². The summed E-state index contributed by atoms with van der Waals surface area (Å²) in [5.74, 6) is -1.24. The van der Waals surface area contributed by atoms with Crippen molar-refractivity contribution >= 4 is 46.8 Å². The number of ether oxygens (including phenoxy) is 1. The highest BCUT2D eigenvalue weighted by molar-refractivity contribution is 6.39. The van der Waals surface area contributed by atoms with Gasteiger partial charge in [0.2, 0.25) is 17.7 Å². The first-order valence-corrected chi connectivity index (χ1v) is 18.7. The average Bonchev–Trinajstić information content (AvgIpc) is 3.60. The van der Waals surface area contributed by atoms with E-state index in [0.717, 1.165) is 4.90 Å². The number of aromatic nitrogens is 3. The minimum Gasteiger partial charge on any atom is -0.481 e. The Balaban J connectivity index is 1.24. The van der Waals surface area contributed by atoms with Crippen molar-refractivity contribution in [3.8, 4) is 39.4 Å². The second-order valence-electron chi connectivity index (χ2n) is 13.8. The van der Waals surface area contributed by atoms with E-state index >= 15 is 4.39 Å². The summed E-state index contributed by atoms with van der Waals surface area (Å²) in [5, 5.41) is 26.3. The summed E-state index contributed by atoms with van der Waals surface area (Å²) in [6.07, 6.45) is 1.60. The van der Waals surface area contributed by atoms with E-state index in [9.17, 15) is 29.4 Å². The van der Waals surface area contributed by atoms with E-state index in [1.165, 1.54) is 28.7 Å². The van der Waals surface area contributed by atoms with Crippen molar-refractivity contribution in [3.05, 3.63) is 104 Å². The van der Waals surface area contributed by atoms with E-state index in [1.54, 1.807) is 62.8 Å². The van der Waals surface area contributed by atoms with Gasteiger partial charge in [-0.05, 0) is 24.1 Å². The fourth-order valence-corrected chi connectivity index (χ4v) is 7.24. The number of carbonyl (C=O) groups is 3. The molecule has 3 amide bonds. The first-order chi connectivity index (χ1) is 27.2. The van der Waals surface area contributed by atoms with Gasteiger partial charge >= 0.3 is 6.09 Å². The Kier molecular flexibility index (Phi) is 12.7. The molecule has 6 rings (SSSR count). The Morgan fingerprint density at radius 1 is 1.07 bits per heavy atom. The van der Waals surface area contributed by atoms with E-state index < -0.39 is 18.0 Å². The topological polar surface area (TPSA) is 179 Å². The molecule has 1 fully saturated rings. The zero-order valence-electron chi connectivity index (χ0n) is 31.3. The molecule has 1 aliphatic rings. The average molecular weight is 821 g/mol. The number of hydrogen-bond donors (Lipinski definition) is 4. The highest BCUT2D eigenvalue weighted by Crippen LogP contribution is 2.42. The molecular formula is C40H40Cl2FN7O7. The largest absolute Gasteiger partial charge is 0.481 e. The van der Waals surface area contributed by atoms with E-state index in [2.05, 4.69) is 20.6 Å². The van der Waals surface area contributed by atoms with Crippen LogP contribution >= 0.6 is 23.2 Å². The number of amides is 3. The zero-order valence-corrected chi connectivity index (χ0v) is 32.8. The van der Waals surface area contributed by atoms with E-state index in [0.29, 0.717) is 56.9 Å². The summed E-state index contributed by atoms with van der Waals surface area (Å²) < 4.78 is 22.7. The molecule has 0 spiro atoms. The fourth-order valence-electron chi connectivity index (χ4n) is 6.58. The predicted octanol–water partition coefficient (Wildman–Crippen LogP) is 5.23. The molecule has 1 unspecified atom stereocenters. The maximum Gasteiger partial charge on any atom is 0.407 e. The number of rotatable bonds is 14. The van der Waals surface area contributed by atoms with Gasteiger partial charge in [-0.15, -0.1) is 0 Å². The van der Waals surface area contributed by atoms with Gasteiger partial charge in [-0.25, -0.2) is 19.2 Å². The van der Waals surface area contributed by atoms with Crippen LogP contribution in [0.1, 0.15) is 30.4 Å². The van der Waals surface area contributed by atoms with Crippen molar-refractivity contribution < 1.29 is 33.7 Å². The molecule has 0 saturated carbocycles. The Labute approximate surface area is 336 Å². The van der Waals surface area contributed by atoms with Crippen LogP contribution in [0.2, 0.25) is 10.0 Å². The maximum absolute atomic E-state index is 15.8. The summed E-state index contributed by atoms with van der Waals surface area (Å²) in [4.78, 5) is 60.3.